The summed E-state index contributed by atoms with van der Waals surface area (Å²) < 4.78 is 5.49. The van der Waals surface area contributed by atoms with E-state index in [-0.39, 0.29) is 0 Å². The number of aryl methyl sites for hydroxylation is 1. The highest BCUT2D eigenvalue weighted by Crippen LogP contribution is 2.28. The van der Waals surface area contributed by atoms with Gasteiger partial charge in [-0.3, -0.25) is 4.79 Å². The minimum Gasteiger partial charge on any atom is -0.496 e. The van der Waals surface area contributed by atoms with Crippen LogP contribution < -0.4 is 15.6 Å². The molecular formula is C27H35N5O2. The van der Waals surface area contributed by atoms with Crippen LogP contribution in [-0.4, -0.2) is 68.6 Å². The van der Waals surface area contributed by atoms with Crippen LogP contribution in [0.3, 0.4) is 0 Å². The first-order valence-corrected chi connectivity index (χ1v) is 11.5. The molecule has 1 amide bonds. The number of benzene rings is 2. The Kier molecular flexibility index (Phi) is 9.43. The van der Waals surface area contributed by atoms with E-state index in [1.54, 1.807) is 12.0 Å². The second kappa shape index (κ2) is 12.7. The van der Waals surface area contributed by atoms with E-state index in [0.29, 0.717) is 0 Å². The summed E-state index contributed by atoms with van der Waals surface area (Å²) in [4.78, 5) is 18.8. The van der Waals surface area contributed by atoms with Crippen LogP contribution in [0.1, 0.15) is 16.7 Å². The molecule has 0 saturated carbocycles. The third kappa shape index (κ3) is 7.04. The monoisotopic (exact) mass is 461 g/mol. The number of pyridine rings is 1. The molecule has 0 bridgehead atoms. The second-order valence-electron chi connectivity index (χ2n) is 8.41. The van der Waals surface area contributed by atoms with E-state index in [2.05, 4.69) is 71.1 Å². The van der Waals surface area contributed by atoms with Crippen molar-refractivity contribution in [3.8, 4) is 16.9 Å². The number of amides is 1. The Morgan fingerprint density at radius 3 is 2.44 bits per heavy atom. The van der Waals surface area contributed by atoms with Gasteiger partial charge in [0.2, 0.25) is 6.41 Å². The van der Waals surface area contributed by atoms with Gasteiger partial charge < -0.3 is 20.0 Å². The predicted octanol–water partition coefficient (Wildman–Crippen LogP) is 3.59. The van der Waals surface area contributed by atoms with Gasteiger partial charge in [0.15, 0.2) is 0 Å². The van der Waals surface area contributed by atoms with Gasteiger partial charge in [0, 0.05) is 57.0 Å². The summed E-state index contributed by atoms with van der Waals surface area (Å²) in [6, 6.07) is 18.7. The van der Waals surface area contributed by atoms with E-state index in [0.717, 1.165) is 67.3 Å². The van der Waals surface area contributed by atoms with Crippen molar-refractivity contribution < 1.29 is 9.53 Å². The van der Waals surface area contributed by atoms with Gasteiger partial charge in [0.25, 0.3) is 0 Å². The summed E-state index contributed by atoms with van der Waals surface area (Å²) in [5, 5.41) is 0. The van der Waals surface area contributed by atoms with Crippen molar-refractivity contribution in [2.45, 2.75) is 13.3 Å². The van der Waals surface area contributed by atoms with Gasteiger partial charge in [-0.25, -0.2) is 10.4 Å². The molecular weight excluding hydrogens is 426 g/mol. The minimum atomic E-state index is 0.737. The summed E-state index contributed by atoms with van der Waals surface area (Å²) in [5.74, 6) is 1.71. The highest BCUT2D eigenvalue weighted by Gasteiger charge is 2.11. The maximum absolute atomic E-state index is 10.2. The Hall–Kier alpha value is -3.42. The van der Waals surface area contributed by atoms with Crippen LogP contribution >= 0.6 is 0 Å². The van der Waals surface area contributed by atoms with Crippen molar-refractivity contribution in [3.63, 3.8) is 0 Å². The molecule has 0 aliphatic carbocycles. The number of methoxy groups -OCH3 is 1. The number of para-hydroxylation sites is 1. The summed E-state index contributed by atoms with van der Waals surface area (Å²) in [6.07, 6.45) is 3.56. The molecule has 0 atom stereocenters. The molecule has 34 heavy (non-hydrogen) atoms. The Morgan fingerprint density at radius 2 is 1.76 bits per heavy atom. The van der Waals surface area contributed by atoms with E-state index in [1.807, 2.05) is 31.4 Å². The van der Waals surface area contributed by atoms with E-state index in [4.69, 9.17) is 4.74 Å². The minimum absolute atomic E-state index is 0.737. The predicted molar refractivity (Wildman–Crippen MR) is 138 cm³/mol. The first-order chi connectivity index (χ1) is 16.5. The second-order valence-corrected chi connectivity index (χ2v) is 8.41. The maximum Gasteiger partial charge on any atom is 0.209 e. The van der Waals surface area contributed by atoms with Gasteiger partial charge in [-0.05, 0) is 37.2 Å². The van der Waals surface area contributed by atoms with Gasteiger partial charge in [0.1, 0.15) is 11.6 Å². The number of nitrogens with zero attached hydrogens (tertiary/aromatic N) is 3. The zero-order valence-corrected chi connectivity index (χ0v) is 20.5. The number of rotatable bonds is 7. The van der Waals surface area contributed by atoms with Gasteiger partial charge in [0.05, 0.1) is 7.11 Å². The lowest BCUT2D eigenvalue weighted by Crippen LogP contribution is -2.43. The first kappa shape index (κ1) is 25.2. The number of anilines is 1. The van der Waals surface area contributed by atoms with E-state index in [9.17, 15) is 4.79 Å². The van der Waals surface area contributed by atoms with Crippen LogP contribution in [0.2, 0.25) is 0 Å². The number of aromatic nitrogens is 1. The summed E-state index contributed by atoms with van der Waals surface area (Å²) >= 11 is 0. The lowest BCUT2D eigenvalue weighted by atomic mass is 9.99. The van der Waals surface area contributed by atoms with E-state index in [1.165, 1.54) is 11.1 Å². The smallest absolute Gasteiger partial charge is 0.209 e. The average molecular weight is 462 g/mol. The van der Waals surface area contributed by atoms with Gasteiger partial charge >= 0.3 is 0 Å². The topological polar surface area (TPSA) is 69.7 Å². The molecule has 1 aromatic heterocycles. The van der Waals surface area contributed by atoms with Gasteiger partial charge in [-0.15, -0.1) is 0 Å². The fourth-order valence-electron chi connectivity index (χ4n) is 3.84. The summed E-state index contributed by atoms with van der Waals surface area (Å²) in [5.41, 5.74) is 11.8. The molecule has 3 aromatic rings. The van der Waals surface area contributed by atoms with Crippen molar-refractivity contribution in [3.05, 3.63) is 77.5 Å². The van der Waals surface area contributed by atoms with Crippen LogP contribution in [0, 0.1) is 6.92 Å². The highest BCUT2D eigenvalue weighted by atomic mass is 16.5. The van der Waals surface area contributed by atoms with Crippen LogP contribution in [-0.2, 0) is 11.2 Å². The normalized spacial score (nSPS) is 13.6. The van der Waals surface area contributed by atoms with Crippen molar-refractivity contribution in [1.29, 1.82) is 0 Å². The van der Waals surface area contributed by atoms with Crippen molar-refractivity contribution in [2.24, 2.45) is 0 Å². The number of carbonyl (C=O) groups is 1. The number of hydrogen-bond acceptors (Lipinski definition) is 6. The molecule has 1 aliphatic heterocycles. The number of piperazine rings is 1. The molecule has 2 heterocycles. The molecule has 2 aromatic carbocycles. The van der Waals surface area contributed by atoms with Crippen LogP contribution in [0.5, 0.6) is 5.75 Å². The van der Waals surface area contributed by atoms with Crippen LogP contribution in [0.4, 0.5) is 5.82 Å². The van der Waals surface area contributed by atoms with Crippen LogP contribution in [0.15, 0.2) is 60.8 Å². The molecule has 2 N–H and O–H groups in total. The molecule has 4 rings (SSSR count). The maximum atomic E-state index is 10.2. The Bertz CT molecular complexity index is 1060. The lowest BCUT2D eigenvalue weighted by Gasteiger charge is -2.29. The Balaban J connectivity index is 0.000000302. The number of ether oxygens (including phenoxy) is 1. The third-order valence-corrected chi connectivity index (χ3v) is 5.82. The number of likely N-dealkylation sites (N-methyl/N-ethyl adjacent to an activating group) is 1. The first-order valence-electron chi connectivity index (χ1n) is 11.5. The number of hydrazine groups is 1. The number of nitrogens with one attached hydrogen (secondary N) is 2. The molecule has 1 aliphatic rings. The molecule has 0 radical (unpaired) electrons. The largest absolute Gasteiger partial charge is 0.496 e. The molecule has 180 valence electrons. The molecule has 7 nitrogen and oxygen atoms in total. The molecule has 0 unspecified atom stereocenters. The Morgan fingerprint density at radius 1 is 1.00 bits per heavy atom. The fraction of sp³-hybridized carbons (Fsp3) is 0.333. The summed E-state index contributed by atoms with van der Waals surface area (Å²) in [6.45, 7) is 5.90. The Labute approximate surface area is 202 Å². The number of hydrogen-bond donors (Lipinski definition) is 2. The van der Waals surface area contributed by atoms with Crippen molar-refractivity contribution in [1.82, 2.24) is 20.2 Å². The van der Waals surface area contributed by atoms with Crippen LogP contribution in [0.25, 0.3) is 11.1 Å². The van der Waals surface area contributed by atoms with Gasteiger partial charge in [-0.1, -0.05) is 48.0 Å². The zero-order valence-electron chi connectivity index (χ0n) is 20.5. The SMILES string of the molecule is CN1CCN(C=O)CC1.CNNc1ncc(-c2cccc(C)c2)cc1Cc1ccccc1OC. The molecule has 7 heteroatoms. The number of carbonyl (C=O) groups excluding carboxylic acids is 1. The molecule has 1 fully saturated rings. The van der Waals surface area contributed by atoms with Crippen molar-refractivity contribution in [2.75, 3.05) is 52.8 Å². The lowest BCUT2D eigenvalue weighted by molar-refractivity contribution is -0.119. The quantitative estimate of drug-likeness (QED) is 0.414. The zero-order chi connectivity index (χ0) is 24.3. The fourth-order valence-corrected chi connectivity index (χ4v) is 3.84. The van der Waals surface area contributed by atoms with E-state index >= 15 is 0 Å². The van der Waals surface area contributed by atoms with E-state index < -0.39 is 0 Å². The average Bonchev–Trinajstić information content (AvgIpc) is 2.86. The molecule has 0 spiro atoms. The third-order valence-electron chi connectivity index (χ3n) is 5.82. The van der Waals surface area contributed by atoms with Gasteiger partial charge in [-0.2, -0.15) is 0 Å². The standard InChI is InChI=1S/C21H23N3O.C6H12N2O/c1-15-7-6-9-16(11-15)19-13-18(21(23-14-19)24-22-2)12-17-8-4-5-10-20(17)25-3;1-7-2-4-8(6-9)5-3-7/h4-11,13-14,22H,12H2,1-3H3,(H,23,24);6H,2-5H2,1H3. The molecule has 1 saturated heterocycles. The van der Waals surface area contributed by atoms with Crippen molar-refractivity contribution >= 4 is 12.2 Å². The highest BCUT2D eigenvalue weighted by molar-refractivity contribution is 5.67. The summed E-state index contributed by atoms with van der Waals surface area (Å²) in [7, 11) is 5.61.